The Kier molecular flexibility index (Phi) is 35.2. The van der Waals surface area contributed by atoms with Gasteiger partial charge in [-0.1, -0.05) is 222 Å². The van der Waals surface area contributed by atoms with Gasteiger partial charge >= 0.3 is 48.9 Å². The zero-order valence-corrected chi connectivity index (χ0v) is 35.5. The first-order valence-corrected chi connectivity index (χ1v) is 23.2. The summed E-state index contributed by atoms with van der Waals surface area (Å²) in [5.74, 6) is 0. The number of para-hydroxylation sites is 1. The van der Waals surface area contributed by atoms with Crippen LogP contribution in [0.2, 0.25) is 0 Å². The SMILES string of the molecule is CCCCCCCCN(CCCCCCCC)c1ccccc1.CCCCCCCCc1ccccc1Sc1ccccc1CCCCCCCC.[BaH2]. The number of rotatable bonds is 31. The molecule has 0 atom stereocenters. The summed E-state index contributed by atoms with van der Waals surface area (Å²) in [4.78, 5) is 5.52. The topological polar surface area (TPSA) is 3.24 Å². The molecule has 0 aliphatic rings. The van der Waals surface area contributed by atoms with E-state index in [-0.39, 0.29) is 48.9 Å². The van der Waals surface area contributed by atoms with Gasteiger partial charge in [0.05, 0.1) is 0 Å². The van der Waals surface area contributed by atoms with Gasteiger partial charge in [0.25, 0.3) is 0 Å². The van der Waals surface area contributed by atoms with Crippen LogP contribution >= 0.6 is 11.8 Å². The molecular formula is C50H83BaNS. The predicted molar refractivity (Wildman–Crippen MR) is 245 cm³/mol. The van der Waals surface area contributed by atoms with E-state index in [2.05, 4.69) is 111 Å². The number of unbranched alkanes of at least 4 members (excludes halogenated alkanes) is 20. The van der Waals surface area contributed by atoms with Crippen LogP contribution in [0.25, 0.3) is 0 Å². The molecule has 0 saturated heterocycles. The number of benzene rings is 3. The molecule has 1 nitrogen and oxygen atoms in total. The summed E-state index contributed by atoms with van der Waals surface area (Å²) in [5, 5.41) is 0. The standard InChI is InChI=1S/C28H42S.C22H39N.Ba.2H/c1-3-5-7-9-11-13-19-25-21-15-17-23-27(25)29-28-24-18-16-22-26(28)20-14-12-10-8-6-4-2;1-3-5-7-9-11-16-20-23(22-18-14-13-15-19-22)21-17-12-10-8-6-4-2;;;/h15-18,21-24H,3-14,19-20H2,1-2H3;13-15,18-19H,3-12,16-17,20-21H2,1-2H3;;;. The number of hydrogen-bond donors (Lipinski definition) is 0. The summed E-state index contributed by atoms with van der Waals surface area (Å²) < 4.78 is 0. The van der Waals surface area contributed by atoms with Gasteiger partial charge in [0.2, 0.25) is 0 Å². The maximum absolute atomic E-state index is 2.61. The van der Waals surface area contributed by atoms with Gasteiger partial charge in [-0.2, -0.15) is 0 Å². The molecule has 0 unspecified atom stereocenters. The van der Waals surface area contributed by atoms with E-state index < -0.39 is 0 Å². The molecule has 3 aromatic carbocycles. The quantitative estimate of drug-likeness (QED) is 0.0468. The van der Waals surface area contributed by atoms with Crippen molar-refractivity contribution in [1.82, 2.24) is 0 Å². The van der Waals surface area contributed by atoms with Crippen LogP contribution in [-0.4, -0.2) is 62.0 Å². The van der Waals surface area contributed by atoms with E-state index in [9.17, 15) is 0 Å². The first kappa shape index (κ1) is 50.4. The fraction of sp³-hybridized carbons (Fsp3) is 0.640. The van der Waals surface area contributed by atoms with Gasteiger partial charge in [-0.25, -0.2) is 0 Å². The molecule has 3 aromatic rings. The predicted octanol–water partition coefficient (Wildman–Crippen LogP) is 15.9. The Morgan fingerprint density at radius 1 is 0.358 bits per heavy atom. The minimum atomic E-state index is 0. The van der Waals surface area contributed by atoms with Crippen molar-refractivity contribution < 1.29 is 0 Å². The van der Waals surface area contributed by atoms with Crippen molar-refractivity contribution in [3.05, 3.63) is 90.0 Å². The second kappa shape index (κ2) is 37.0. The van der Waals surface area contributed by atoms with Gasteiger partial charge in [0.15, 0.2) is 0 Å². The summed E-state index contributed by atoms with van der Waals surface area (Å²) in [6.07, 6.45) is 35.4. The monoisotopic (exact) mass is 868 g/mol. The molecule has 0 spiro atoms. The molecule has 3 heteroatoms. The van der Waals surface area contributed by atoms with Crippen LogP contribution in [0.15, 0.2) is 88.7 Å². The summed E-state index contributed by atoms with van der Waals surface area (Å²) in [7, 11) is 0. The Balaban J connectivity index is 0.000000534. The van der Waals surface area contributed by atoms with Crippen LogP contribution in [0.4, 0.5) is 5.69 Å². The molecule has 53 heavy (non-hydrogen) atoms. The van der Waals surface area contributed by atoms with Crippen molar-refractivity contribution in [2.24, 2.45) is 0 Å². The van der Waals surface area contributed by atoms with E-state index in [4.69, 9.17) is 0 Å². The third kappa shape index (κ3) is 26.0. The Bertz CT molecular complexity index is 1120. The van der Waals surface area contributed by atoms with Crippen molar-refractivity contribution in [3.8, 4) is 0 Å². The molecule has 0 radical (unpaired) electrons. The van der Waals surface area contributed by atoms with E-state index in [1.165, 1.54) is 207 Å². The van der Waals surface area contributed by atoms with E-state index in [1.54, 1.807) is 0 Å². The molecule has 0 bridgehead atoms. The molecule has 0 aliphatic heterocycles. The van der Waals surface area contributed by atoms with Crippen LogP contribution in [0.5, 0.6) is 0 Å². The zero-order valence-electron chi connectivity index (χ0n) is 34.7. The Morgan fingerprint density at radius 2 is 0.679 bits per heavy atom. The van der Waals surface area contributed by atoms with Crippen molar-refractivity contribution >= 4 is 66.3 Å². The third-order valence-corrected chi connectivity index (χ3v) is 11.7. The van der Waals surface area contributed by atoms with Crippen LogP contribution in [-0.2, 0) is 12.8 Å². The molecule has 0 saturated carbocycles. The van der Waals surface area contributed by atoms with Crippen molar-refractivity contribution in [1.29, 1.82) is 0 Å². The molecule has 0 fully saturated rings. The Morgan fingerprint density at radius 3 is 1.08 bits per heavy atom. The van der Waals surface area contributed by atoms with E-state index >= 15 is 0 Å². The summed E-state index contributed by atoms with van der Waals surface area (Å²) in [5.41, 5.74) is 4.47. The van der Waals surface area contributed by atoms with Crippen LogP contribution < -0.4 is 4.90 Å². The molecule has 0 heterocycles. The van der Waals surface area contributed by atoms with E-state index in [0.717, 1.165) is 0 Å². The fourth-order valence-electron chi connectivity index (χ4n) is 7.10. The number of aryl methyl sites for hydroxylation is 2. The summed E-state index contributed by atoms with van der Waals surface area (Å²) in [6, 6.07) is 29.1. The fourth-order valence-corrected chi connectivity index (χ4v) is 8.24. The van der Waals surface area contributed by atoms with E-state index in [1.807, 2.05) is 11.8 Å². The van der Waals surface area contributed by atoms with Gasteiger partial charge in [-0.3, -0.25) is 0 Å². The molecule has 0 aliphatic carbocycles. The van der Waals surface area contributed by atoms with Crippen molar-refractivity contribution in [2.75, 3.05) is 18.0 Å². The first-order chi connectivity index (χ1) is 25.7. The third-order valence-electron chi connectivity index (χ3n) is 10.4. The van der Waals surface area contributed by atoms with Gasteiger partial charge in [0, 0.05) is 28.6 Å². The second-order valence-electron chi connectivity index (χ2n) is 15.2. The second-order valence-corrected chi connectivity index (χ2v) is 16.3. The average molecular weight is 868 g/mol. The van der Waals surface area contributed by atoms with Gasteiger partial charge in [-0.05, 0) is 73.9 Å². The number of hydrogen-bond acceptors (Lipinski definition) is 2. The van der Waals surface area contributed by atoms with Crippen LogP contribution in [0.3, 0.4) is 0 Å². The molecule has 0 amide bonds. The molecule has 296 valence electrons. The zero-order chi connectivity index (χ0) is 37.2. The molecular weight excluding hydrogens is 784 g/mol. The maximum atomic E-state index is 2.61. The number of anilines is 1. The summed E-state index contributed by atoms with van der Waals surface area (Å²) >= 11 is 1.98. The van der Waals surface area contributed by atoms with Crippen molar-refractivity contribution in [2.45, 2.75) is 204 Å². The molecule has 0 aromatic heterocycles. The first-order valence-electron chi connectivity index (χ1n) is 22.4. The van der Waals surface area contributed by atoms with Gasteiger partial charge < -0.3 is 4.90 Å². The minimum absolute atomic E-state index is 0. The Labute approximate surface area is 375 Å². The number of nitrogens with zero attached hydrogens (tertiary/aromatic N) is 1. The van der Waals surface area contributed by atoms with Gasteiger partial charge in [-0.15, -0.1) is 0 Å². The van der Waals surface area contributed by atoms with E-state index in [0.29, 0.717) is 0 Å². The summed E-state index contributed by atoms with van der Waals surface area (Å²) in [6.45, 7) is 11.6. The Hall–Kier alpha value is -0.619. The molecule has 3 rings (SSSR count). The van der Waals surface area contributed by atoms with Crippen LogP contribution in [0.1, 0.15) is 193 Å². The van der Waals surface area contributed by atoms with Crippen molar-refractivity contribution in [3.63, 3.8) is 0 Å². The normalized spacial score (nSPS) is 10.8. The van der Waals surface area contributed by atoms with Crippen LogP contribution in [0, 0.1) is 0 Å². The van der Waals surface area contributed by atoms with Gasteiger partial charge in [0.1, 0.15) is 0 Å². The average Bonchev–Trinajstić information content (AvgIpc) is 3.18. The molecule has 0 N–H and O–H groups in total.